The highest BCUT2D eigenvalue weighted by molar-refractivity contribution is 5.81. The van der Waals surface area contributed by atoms with Gasteiger partial charge in [-0.05, 0) is 13.8 Å². The van der Waals surface area contributed by atoms with Crippen molar-refractivity contribution in [2.75, 3.05) is 0 Å². The third-order valence-corrected chi connectivity index (χ3v) is 0.989. The quantitative estimate of drug-likeness (QED) is 0.502. The summed E-state index contributed by atoms with van der Waals surface area (Å²) < 4.78 is 0. The second kappa shape index (κ2) is 2.79. The third-order valence-electron chi connectivity index (χ3n) is 0.989. The largest absolute Gasteiger partial charge is 0.391 e. The molecule has 1 unspecified atom stereocenters. The Labute approximate surface area is 48.5 Å². The molecule has 0 spiro atoms. The minimum atomic E-state index is -0.729. The van der Waals surface area contributed by atoms with Gasteiger partial charge in [-0.25, -0.2) is 0 Å². The number of rotatable bonds is 2. The van der Waals surface area contributed by atoms with Crippen molar-refractivity contribution >= 4 is 5.78 Å². The van der Waals surface area contributed by atoms with Crippen LogP contribution in [0.25, 0.3) is 0 Å². The van der Waals surface area contributed by atoms with Crippen molar-refractivity contribution in [1.82, 2.24) is 0 Å². The van der Waals surface area contributed by atoms with E-state index in [-0.39, 0.29) is 5.78 Å². The maximum Gasteiger partial charge on any atom is 0.149 e. The number of carbonyl (C=O) groups is 1. The molecule has 0 fully saturated rings. The van der Waals surface area contributed by atoms with Crippen molar-refractivity contribution < 1.29 is 9.90 Å². The van der Waals surface area contributed by atoms with Crippen molar-refractivity contribution in [3.8, 4) is 0 Å². The van der Waals surface area contributed by atoms with Gasteiger partial charge in [-0.1, -0.05) is 0 Å². The maximum atomic E-state index is 10.3. The summed E-state index contributed by atoms with van der Waals surface area (Å²) in [6.45, 7) is 2.85. The molecular formula is C5H11NO2. The van der Waals surface area contributed by atoms with Gasteiger partial charge in [-0.3, -0.25) is 4.79 Å². The van der Waals surface area contributed by atoms with Crippen molar-refractivity contribution in [1.29, 1.82) is 0 Å². The van der Waals surface area contributed by atoms with Gasteiger partial charge in [0.15, 0.2) is 0 Å². The molecule has 0 bridgehead atoms. The molecule has 3 nitrogen and oxygen atoms in total. The zero-order chi connectivity index (χ0) is 6.73. The predicted octanol–water partition coefficient (Wildman–Crippen LogP) is -0.716. The highest BCUT2D eigenvalue weighted by atomic mass is 16.3. The van der Waals surface area contributed by atoms with Crippen LogP contribution in [0.4, 0.5) is 0 Å². The number of aliphatic hydroxyl groups excluding tert-OH is 1. The number of carbonyl (C=O) groups excluding carboxylic acids is 1. The van der Waals surface area contributed by atoms with E-state index in [1.165, 1.54) is 13.8 Å². The monoisotopic (exact) mass is 117 g/mol. The van der Waals surface area contributed by atoms with E-state index in [0.29, 0.717) is 0 Å². The first kappa shape index (κ1) is 7.59. The lowest BCUT2D eigenvalue weighted by Gasteiger charge is -2.08. The van der Waals surface area contributed by atoms with Gasteiger partial charge in [0.25, 0.3) is 0 Å². The van der Waals surface area contributed by atoms with Crippen LogP contribution >= 0.6 is 0 Å². The molecule has 0 saturated carbocycles. The molecule has 48 valence electrons. The molecule has 0 aromatic heterocycles. The molecule has 8 heavy (non-hydrogen) atoms. The third kappa shape index (κ3) is 2.04. The zero-order valence-electron chi connectivity index (χ0n) is 5.09. The topological polar surface area (TPSA) is 63.3 Å². The Bertz CT molecular complexity index is 90.4. The Morgan fingerprint density at radius 3 is 2.12 bits per heavy atom. The minimum absolute atomic E-state index is 0.181. The van der Waals surface area contributed by atoms with Crippen LogP contribution in [0.5, 0.6) is 0 Å². The molecule has 0 aliphatic carbocycles. The fourth-order valence-electron chi connectivity index (χ4n) is 0.340. The Morgan fingerprint density at radius 2 is 2.12 bits per heavy atom. The number of ketones is 1. The van der Waals surface area contributed by atoms with Crippen LogP contribution in [0.1, 0.15) is 13.8 Å². The Balaban J connectivity index is 3.64. The molecule has 3 heteroatoms. The van der Waals surface area contributed by atoms with Gasteiger partial charge in [0.2, 0.25) is 0 Å². The van der Waals surface area contributed by atoms with Gasteiger partial charge >= 0.3 is 0 Å². The molecule has 0 saturated heterocycles. The van der Waals surface area contributed by atoms with E-state index in [4.69, 9.17) is 10.8 Å². The summed E-state index contributed by atoms with van der Waals surface area (Å²) in [6, 6.07) is -0.713. The lowest BCUT2D eigenvalue weighted by atomic mass is 10.1. The van der Waals surface area contributed by atoms with Gasteiger partial charge in [-0.2, -0.15) is 0 Å². The summed E-state index contributed by atoms with van der Waals surface area (Å²) in [4.78, 5) is 10.3. The summed E-state index contributed by atoms with van der Waals surface area (Å²) in [6.07, 6.45) is -0.729. The molecule has 0 aliphatic rings. The van der Waals surface area contributed by atoms with Crippen LogP contribution in [-0.4, -0.2) is 23.0 Å². The Hall–Kier alpha value is -0.410. The Morgan fingerprint density at radius 1 is 1.75 bits per heavy atom. The van der Waals surface area contributed by atoms with Crippen molar-refractivity contribution in [2.24, 2.45) is 5.73 Å². The Kier molecular flexibility index (Phi) is 2.65. The van der Waals surface area contributed by atoms with Gasteiger partial charge < -0.3 is 10.8 Å². The van der Waals surface area contributed by atoms with E-state index in [1.807, 2.05) is 0 Å². The van der Waals surface area contributed by atoms with Crippen molar-refractivity contribution in [2.45, 2.75) is 26.0 Å². The van der Waals surface area contributed by atoms with E-state index < -0.39 is 12.1 Å². The zero-order valence-corrected chi connectivity index (χ0v) is 5.09. The minimum Gasteiger partial charge on any atom is -0.391 e. The molecule has 0 amide bonds. The number of aliphatic hydroxyl groups is 1. The van der Waals surface area contributed by atoms with Crippen LogP contribution in [0.2, 0.25) is 0 Å². The number of Topliss-reactive ketones (excluding diaryl/α,β-unsaturated/α-hetero) is 1. The molecule has 0 radical (unpaired) electrons. The number of hydrogen-bond acceptors (Lipinski definition) is 3. The fraction of sp³-hybridized carbons (Fsp3) is 0.800. The highest BCUT2D eigenvalue weighted by Gasteiger charge is 2.12. The van der Waals surface area contributed by atoms with E-state index in [2.05, 4.69) is 0 Å². The predicted molar refractivity (Wildman–Crippen MR) is 30.3 cm³/mol. The molecule has 0 aliphatic heterocycles. The average molecular weight is 117 g/mol. The number of hydrogen-bond donors (Lipinski definition) is 2. The van der Waals surface area contributed by atoms with Crippen LogP contribution in [0.3, 0.4) is 0 Å². The highest BCUT2D eigenvalue weighted by Crippen LogP contribution is 1.87. The van der Waals surface area contributed by atoms with Gasteiger partial charge in [0.1, 0.15) is 5.78 Å². The summed E-state index contributed by atoms with van der Waals surface area (Å²) in [5.41, 5.74) is 5.16. The van der Waals surface area contributed by atoms with E-state index in [0.717, 1.165) is 0 Å². The van der Waals surface area contributed by atoms with Crippen molar-refractivity contribution in [3.63, 3.8) is 0 Å². The smallest absolute Gasteiger partial charge is 0.149 e. The molecule has 3 N–H and O–H groups in total. The SMILES string of the molecule is CC(=O)[C@@H](N)C(C)O. The second-order valence-electron chi connectivity index (χ2n) is 1.88. The van der Waals surface area contributed by atoms with Crippen LogP contribution in [0.15, 0.2) is 0 Å². The first-order chi connectivity index (χ1) is 3.55. The second-order valence-corrected chi connectivity index (χ2v) is 1.88. The first-order valence-electron chi connectivity index (χ1n) is 2.50. The fourth-order valence-corrected chi connectivity index (χ4v) is 0.340. The van der Waals surface area contributed by atoms with Crippen LogP contribution < -0.4 is 5.73 Å². The standard InChI is InChI=1S/C5H11NO2/c1-3(7)5(6)4(2)8/h3,5,7H,6H2,1-2H3/t3?,5-/m0/s1. The van der Waals surface area contributed by atoms with E-state index in [1.54, 1.807) is 0 Å². The molecule has 2 atom stereocenters. The first-order valence-corrected chi connectivity index (χ1v) is 2.50. The normalized spacial score (nSPS) is 17.5. The van der Waals surface area contributed by atoms with Gasteiger partial charge in [-0.15, -0.1) is 0 Å². The molecule has 0 heterocycles. The summed E-state index contributed by atoms with van der Waals surface area (Å²) in [5, 5.41) is 8.65. The number of nitrogens with two attached hydrogens (primary N) is 1. The summed E-state index contributed by atoms with van der Waals surface area (Å²) in [5.74, 6) is -0.181. The lowest BCUT2D eigenvalue weighted by molar-refractivity contribution is -0.120. The molecule has 0 aromatic carbocycles. The summed E-state index contributed by atoms with van der Waals surface area (Å²) in [7, 11) is 0. The van der Waals surface area contributed by atoms with Gasteiger partial charge in [0, 0.05) is 0 Å². The van der Waals surface area contributed by atoms with Crippen molar-refractivity contribution in [3.05, 3.63) is 0 Å². The summed E-state index contributed by atoms with van der Waals surface area (Å²) >= 11 is 0. The molecular weight excluding hydrogens is 106 g/mol. The molecule has 0 rings (SSSR count). The van der Waals surface area contributed by atoms with E-state index >= 15 is 0 Å². The lowest BCUT2D eigenvalue weighted by Crippen LogP contribution is -2.38. The van der Waals surface area contributed by atoms with Crippen LogP contribution in [-0.2, 0) is 4.79 Å². The average Bonchev–Trinajstić information content (AvgIpc) is 1.64. The van der Waals surface area contributed by atoms with Gasteiger partial charge in [0.05, 0.1) is 12.1 Å². The maximum absolute atomic E-state index is 10.3. The van der Waals surface area contributed by atoms with Crippen LogP contribution in [0, 0.1) is 0 Å². The van der Waals surface area contributed by atoms with E-state index in [9.17, 15) is 4.79 Å². The molecule has 0 aromatic rings.